The Kier molecular flexibility index (Phi) is 2.48. The molecule has 4 heteroatoms. The van der Waals surface area contributed by atoms with E-state index in [9.17, 15) is 4.79 Å². The molecule has 1 aromatic carbocycles. The van der Waals surface area contributed by atoms with Crippen molar-refractivity contribution in [1.82, 2.24) is 0 Å². The molecule has 0 fully saturated rings. The maximum atomic E-state index is 10.7. The van der Waals surface area contributed by atoms with Gasteiger partial charge in [-0.15, -0.1) is 23.1 Å². The summed E-state index contributed by atoms with van der Waals surface area (Å²) in [6.07, 6.45) is 2.83. The van der Waals surface area contributed by atoms with Gasteiger partial charge >= 0.3 is 0 Å². The molecule has 72 valence electrons. The minimum atomic E-state index is 0.616. The number of aldehydes is 1. The summed E-state index contributed by atoms with van der Waals surface area (Å²) < 4.78 is 1.08. The number of rotatable bonds is 2. The highest BCUT2D eigenvalue weighted by Crippen LogP contribution is 2.38. The summed E-state index contributed by atoms with van der Waals surface area (Å²) in [6, 6.07) is 5.99. The summed E-state index contributed by atoms with van der Waals surface area (Å²) in [4.78, 5) is 12.5. The van der Waals surface area contributed by atoms with Gasteiger partial charge in [-0.2, -0.15) is 0 Å². The van der Waals surface area contributed by atoms with Gasteiger partial charge in [-0.3, -0.25) is 4.79 Å². The van der Waals surface area contributed by atoms with Gasteiger partial charge in [0.2, 0.25) is 0 Å². The third-order valence-electron chi connectivity index (χ3n) is 2.07. The van der Waals surface area contributed by atoms with Crippen molar-refractivity contribution in [2.45, 2.75) is 4.90 Å². The highest BCUT2D eigenvalue weighted by Gasteiger charge is 2.11. The molecular formula is C10H9NOS2. The number of hydrogen-bond acceptors (Lipinski definition) is 4. The Labute approximate surface area is 90.1 Å². The molecule has 2 N–H and O–H groups in total. The number of fused-ring (bicyclic) bond motifs is 1. The van der Waals surface area contributed by atoms with Crippen LogP contribution in [0.4, 0.5) is 5.69 Å². The number of benzene rings is 1. The van der Waals surface area contributed by atoms with Gasteiger partial charge in [0.15, 0.2) is 6.29 Å². The Bertz CT molecular complexity index is 490. The first-order chi connectivity index (χ1) is 6.77. The SMILES string of the molecule is CSc1cccc2sc(C=O)c(N)c12. The fourth-order valence-corrected chi connectivity index (χ4v) is 3.08. The van der Waals surface area contributed by atoms with E-state index in [0.29, 0.717) is 10.6 Å². The fourth-order valence-electron chi connectivity index (χ4n) is 1.42. The van der Waals surface area contributed by atoms with Gasteiger partial charge in [0.05, 0.1) is 10.6 Å². The van der Waals surface area contributed by atoms with Crippen molar-refractivity contribution >= 4 is 45.2 Å². The van der Waals surface area contributed by atoms with Crippen LogP contribution in [-0.4, -0.2) is 12.5 Å². The van der Waals surface area contributed by atoms with Crippen LogP contribution in [0.25, 0.3) is 10.1 Å². The predicted octanol–water partition coefficient (Wildman–Crippen LogP) is 3.02. The second-order valence-electron chi connectivity index (χ2n) is 2.83. The number of carbonyl (C=O) groups excluding carboxylic acids is 1. The summed E-state index contributed by atoms with van der Waals surface area (Å²) in [6.45, 7) is 0. The molecule has 2 nitrogen and oxygen atoms in total. The molecule has 14 heavy (non-hydrogen) atoms. The van der Waals surface area contributed by atoms with E-state index in [2.05, 4.69) is 0 Å². The second-order valence-corrected chi connectivity index (χ2v) is 4.76. The minimum Gasteiger partial charge on any atom is -0.397 e. The van der Waals surface area contributed by atoms with Gasteiger partial charge < -0.3 is 5.73 Å². The Morgan fingerprint density at radius 3 is 2.93 bits per heavy atom. The number of thioether (sulfide) groups is 1. The van der Waals surface area contributed by atoms with Crippen LogP contribution >= 0.6 is 23.1 Å². The average molecular weight is 223 g/mol. The lowest BCUT2D eigenvalue weighted by Gasteiger charge is -1.99. The van der Waals surface area contributed by atoms with Crippen LogP contribution < -0.4 is 5.73 Å². The highest BCUT2D eigenvalue weighted by molar-refractivity contribution is 7.98. The summed E-state index contributed by atoms with van der Waals surface area (Å²) >= 11 is 3.09. The van der Waals surface area contributed by atoms with Crippen LogP contribution in [0.1, 0.15) is 9.67 Å². The highest BCUT2D eigenvalue weighted by atomic mass is 32.2. The van der Waals surface area contributed by atoms with Crippen molar-refractivity contribution < 1.29 is 4.79 Å². The van der Waals surface area contributed by atoms with Gasteiger partial charge in [0, 0.05) is 15.0 Å². The zero-order valence-corrected chi connectivity index (χ0v) is 9.24. The summed E-state index contributed by atoms with van der Waals surface area (Å²) in [5.41, 5.74) is 6.51. The van der Waals surface area contributed by atoms with Gasteiger partial charge in [-0.05, 0) is 18.4 Å². The molecule has 0 bridgehead atoms. The molecular weight excluding hydrogens is 214 g/mol. The zero-order chi connectivity index (χ0) is 10.1. The first-order valence-corrected chi connectivity index (χ1v) is 6.12. The molecule has 2 rings (SSSR count). The lowest BCUT2D eigenvalue weighted by molar-refractivity contribution is 0.112. The maximum Gasteiger partial charge on any atom is 0.162 e. The maximum absolute atomic E-state index is 10.7. The van der Waals surface area contributed by atoms with Crippen molar-refractivity contribution in [3.05, 3.63) is 23.1 Å². The van der Waals surface area contributed by atoms with Gasteiger partial charge in [-0.25, -0.2) is 0 Å². The molecule has 0 aliphatic rings. The van der Waals surface area contributed by atoms with Crippen molar-refractivity contribution in [2.24, 2.45) is 0 Å². The molecule has 0 aliphatic carbocycles. The lowest BCUT2D eigenvalue weighted by atomic mass is 10.2. The Hall–Kier alpha value is -1.00. The number of nitrogens with two attached hydrogens (primary N) is 1. The largest absolute Gasteiger partial charge is 0.397 e. The van der Waals surface area contributed by atoms with E-state index in [1.165, 1.54) is 11.3 Å². The Balaban J connectivity index is 2.85. The smallest absolute Gasteiger partial charge is 0.162 e. The summed E-state index contributed by atoms with van der Waals surface area (Å²) in [5, 5.41) is 1.02. The van der Waals surface area contributed by atoms with Crippen LogP contribution in [0.5, 0.6) is 0 Å². The van der Waals surface area contributed by atoms with E-state index in [1.54, 1.807) is 11.8 Å². The van der Waals surface area contributed by atoms with Crippen molar-refractivity contribution in [3.8, 4) is 0 Å². The number of anilines is 1. The van der Waals surface area contributed by atoms with Gasteiger partial charge in [-0.1, -0.05) is 6.07 Å². The van der Waals surface area contributed by atoms with E-state index in [4.69, 9.17) is 5.73 Å². The van der Waals surface area contributed by atoms with E-state index in [0.717, 1.165) is 21.3 Å². The second kappa shape index (κ2) is 3.63. The Morgan fingerprint density at radius 2 is 2.29 bits per heavy atom. The first kappa shape index (κ1) is 9.55. The molecule has 0 amide bonds. The Morgan fingerprint density at radius 1 is 1.50 bits per heavy atom. The number of hydrogen-bond donors (Lipinski definition) is 1. The first-order valence-electron chi connectivity index (χ1n) is 4.08. The molecule has 0 unspecified atom stereocenters. The molecule has 0 atom stereocenters. The standard InChI is InChI=1S/C10H9NOS2/c1-13-6-3-2-4-7-9(6)10(11)8(5-12)14-7/h2-5H,11H2,1H3. The molecule has 0 radical (unpaired) electrons. The van der Waals surface area contributed by atoms with E-state index in [-0.39, 0.29) is 0 Å². The third-order valence-corrected chi connectivity index (χ3v) is 3.95. The van der Waals surface area contributed by atoms with E-state index >= 15 is 0 Å². The van der Waals surface area contributed by atoms with Crippen LogP contribution in [0.3, 0.4) is 0 Å². The zero-order valence-electron chi connectivity index (χ0n) is 7.61. The molecule has 0 saturated carbocycles. The fraction of sp³-hybridized carbons (Fsp3) is 0.100. The summed E-state index contributed by atoms with van der Waals surface area (Å²) in [5.74, 6) is 0. The quantitative estimate of drug-likeness (QED) is 0.628. The average Bonchev–Trinajstić information content (AvgIpc) is 2.55. The lowest BCUT2D eigenvalue weighted by Crippen LogP contribution is -1.87. The number of nitrogen functional groups attached to an aromatic ring is 1. The number of thiophene rings is 1. The van der Waals surface area contributed by atoms with E-state index < -0.39 is 0 Å². The topological polar surface area (TPSA) is 43.1 Å². The van der Waals surface area contributed by atoms with Gasteiger partial charge in [0.1, 0.15) is 0 Å². The van der Waals surface area contributed by atoms with E-state index in [1.807, 2.05) is 24.5 Å². The van der Waals surface area contributed by atoms with Crippen molar-refractivity contribution in [2.75, 3.05) is 12.0 Å². The molecule has 0 aliphatic heterocycles. The predicted molar refractivity (Wildman–Crippen MR) is 63.4 cm³/mol. The third kappa shape index (κ3) is 1.31. The van der Waals surface area contributed by atoms with Crippen molar-refractivity contribution in [3.63, 3.8) is 0 Å². The molecule has 0 saturated heterocycles. The molecule has 1 aromatic heterocycles. The van der Waals surface area contributed by atoms with Crippen molar-refractivity contribution in [1.29, 1.82) is 0 Å². The number of carbonyl (C=O) groups is 1. The molecule has 2 aromatic rings. The molecule has 0 spiro atoms. The normalized spacial score (nSPS) is 10.6. The van der Waals surface area contributed by atoms with Gasteiger partial charge in [0.25, 0.3) is 0 Å². The van der Waals surface area contributed by atoms with Crippen LogP contribution in [0.15, 0.2) is 23.1 Å². The monoisotopic (exact) mass is 223 g/mol. The molecule has 1 heterocycles. The van der Waals surface area contributed by atoms with Crippen LogP contribution in [0.2, 0.25) is 0 Å². The summed E-state index contributed by atoms with van der Waals surface area (Å²) in [7, 11) is 0. The van der Waals surface area contributed by atoms with Crippen LogP contribution in [-0.2, 0) is 0 Å². The minimum absolute atomic E-state index is 0.616. The van der Waals surface area contributed by atoms with Crippen LogP contribution in [0, 0.1) is 0 Å².